The Morgan fingerprint density at radius 2 is 2.00 bits per heavy atom. The fraction of sp³-hybridized carbons (Fsp3) is 0.455. The van der Waals surface area contributed by atoms with Crippen molar-refractivity contribution in [3.63, 3.8) is 0 Å². The normalized spacial score (nSPS) is 13.7. The van der Waals surface area contributed by atoms with Crippen LogP contribution < -0.4 is 0 Å². The average molecular weight is 331 g/mol. The van der Waals surface area contributed by atoms with Crippen LogP contribution >= 0.6 is 15.9 Å². The standard InChI is InChI=1S/C11H11BrF4O2/c12-9-4-7(1-2-10(9)13)3-8(17)5-18-6-11(14,15)16/h1-2,4,8,17H,3,5-6H2. The number of rotatable bonds is 5. The van der Waals surface area contributed by atoms with E-state index in [0.29, 0.717) is 5.56 Å². The Morgan fingerprint density at radius 3 is 2.56 bits per heavy atom. The van der Waals surface area contributed by atoms with Crippen LogP contribution in [0.15, 0.2) is 22.7 Å². The van der Waals surface area contributed by atoms with Crippen LogP contribution in [0.2, 0.25) is 0 Å². The van der Waals surface area contributed by atoms with E-state index in [1.165, 1.54) is 18.2 Å². The molecule has 0 heterocycles. The molecular weight excluding hydrogens is 320 g/mol. The number of aliphatic hydroxyl groups excluding tert-OH is 1. The summed E-state index contributed by atoms with van der Waals surface area (Å²) in [6.07, 6.45) is -5.38. The second-order valence-electron chi connectivity index (χ2n) is 3.74. The first kappa shape index (κ1) is 15.4. The minimum atomic E-state index is -4.40. The molecule has 1 atom stereocenters. The predicted octanol–water partition coefficient (Wildman–Crippen LogP) is 3.07. The Hall–Kier alpha value is -0.660. The summed E-state index contributed by atoms with van der Waals surface area (Å²) in [5.74, 6) is -0.443. The third-order valence-electron chi connectivity index (χ3n) is 2.03. The van der Waals surface area contributed by atoms with Gasteiger partial charge in [-0.05, 0) is 33.6 Å². The third kappa shape index (κ3) is 5.79. The lowest BCUT2D eigenvalue weighted by molar-refractivity contribution is -0.179. The molecule has 7 heteroatoms. The maximum atomic E-state index is 12.9. The number of ether oxygens (including phenoxy) is 1. The molecule has 1 rings (SSSR count). The van der Waals surface area contributed by atoms with Gasteiger partial charge in [-0.3, -0.25) is 0 Å². The predicted molar refractivity (Wildman–Crippen MR) is 60.7 cm³/mol. The molecule has 0 amide bonds. The highest BCUT2D eigenvalue weighted by molar-refractivity contribution is 9.10. The molecule has 102 valence electrons. The lowest BCUT2D eigenvalue weighted by Gasteiger charge is -2.13. The van der Waals surface area contributed by atoms with E-state index in [-0.39, 0.29) is 10.9 Å². The van der Waals surface area contributed by atoms with Gasteiger partial charge < -0.3 is 9.84 Å². The van der Waals surface area contributed by atoms with Crippen LogP contribution in [0.5, 0.6) is 0 Å². The molecule has 1 N–H and O–H groups in total. The largest absolute Gasteiger partial charge is 0.411 e. The SMILES string of the molecule is OC(COCC(F)(F)F)Cc1ccc(F)c(Br)c1. The summed E-state index contributed by atoms with van der Waals surface area (Å²) in [6.45, 7) is -1.81. The van der Waals surface area contributed by atoms with Crippen molar-refractivity contribution in [1.82, 2.24) is 0 Å². The number of alkyl halides is 3. The van der Waals surface area contributed by atoms with Gasteiger partial charge in [-0.25, -0.2) is 4.39 Å². The van der Waals surface area contributed by atoms with E-state index in [4.69, 9.17) is 0 Å². The first-order valence-corrected chi connectivity index (χ1v) is 5.84. The summed E-state index contributed by atoms with van der Waals surface area (Å²) < 4.78 is 52.8. The quantitative estimate of drug-likeness (QED) is 0.841. The fourth-order valence-electron chi connectivity index (χ4n) is 1.31. The number of benzene rings is 1. The molecular formula is C11H11BrF4O2. The molecule has 0 aliphatic rings. The van der Waals surface area contributed by atoms with Gasteiger partial charge >= 0.3 is 6.18 Å². The van der Waals surface area contributed by atoms with Crippen molar-refractivity contribution >= 4 is 15.9 Å². The number of halogens is 5. The molecule has 0 aliphatic carbocycles. The molecule has 2 nitrogen and oxygen atoms in total. The molecule has 0 spiro atoms. The zero-order chi connectivity index (χ0) is 13.8. The highest BCUT2D eigenvalue weighted by Crippen LogP contribution is 2.18. The highest BCUT2D eigenvalue weighted by atomic mass is 79.9. The number of aliphatic hydroxyl groups is 1. The second kappa shape index (κ2) is 6.49. The average Bonchev–Trinajstić information content (AvgIpc) is 2.21. The Morgan fingerprint density at radius 1 is 1.33 bits per heavy atom. The molecule has 1 aromatic carbocycles. The van der Waals surface area contributed by atoms with Crippen molar-refractivity contribution in [2.75, 3.05) is 13.2 Å². The van der Waals surface area contributed by atoms with Crippen molar-refractivity contribution in [1.29, 1.82) is 0 Å². The fourth-order valence-corrected chi connectivity index (χ4v) is 1.73. The second-order valence-corrected chi connectivity index (χ2v) is 4.59. The van der Waals surface area contributed by atoms with Gasteiger partial charge in [0.05, 0.1) is 17.2 Å². The zero-order valence-electron chi connectivity index (χ0n) is 9.18. The Labute approximate surface area is 110 Å². The van der Waals surface area contributed by atoms with E-state index in [1.807, 2.05) is 0 Å². The van der Waals surface area contributed by atoms with Crippen LogP contribution in [-0.4, -0.2) is 30.6 Å². The van der Waals surface area contributed by atoms with E-state index in [0.717, 1.165) is 0 Å². The molecule has 0 saturated heterocycles. The topological polar surface area (TPSA) is 29.5 Å². The van der Waals surface area contributed by atoms with E-state index >= 15 is 0 Å². The smallest absolute Gasteiger partial charge is 0.390 e. The van der Waals surface area contributed by atoms with E-state index in [2.05, 4.69) is 20.7 Å². The van der Waals surface area contributed by atoms with Gasteiger partial charge in [0.15, 0.2) is 0 Å². The van der Waals surface area contributed by atoms with Crippen LogP contribution in [0.1, 0.15) is 5.56 Å². The molecule has 0 bridgehead atoms. The summed E-state index contributed by atoms with van der Waals surface area (Å²) in [5.41, 5.74) is 0.603. The lowest BCUT2D eigenvalue weighted by Crippen LogP contribution is -2.24. The van der Waals surface area contributed by atoms with Crippen LogP contribution in [0.4, 0.5) is 17.6 Å². The monoisotopic (exact) mass is 330 g/mol. The highest BCUT2D eigenvalue weighted by Gasteiger charge is 2.27. The van der Waals surface area contributed by atoms with Crippen molar-refractivity contribution in [3.05, 3.63) is 34.1 Å². The van der Waals surface area contributed by atoms with Gasteiger partial charge in [0.25, 0.3) is 0 Å². The minimum Gasteiger partial charge on any atom is -0.390 e. The Balaban J connectivity index is 2.40. The summed E-state index contributed by atoms with van der Waals surface area (Å²) in [7, 11) is 0. The molecule has 0 aromatic heterocycles. The first-order valence-electron chi connectivity index (χ1n) is 5.04. The summed E-state index contributed by atoms with van der Waals surface area (Å²) in [6, 6.07) is 4.12. The maximum absolute atomic E-state index is 12.9. The van der Waals surface area contributed by atoms with Crippen LogP contribution in [0.25, 0.3) is 0 Å². The van der Waals surface area contributed by atoms with Crippen LogP contribution in [0.3, 0.4) is 0 Å². The number of hydrogen-bond acceptors (Lipinski definition) is 2. The van der Waals surface area contributed by atoms with Gasteiger partial charge in [0.1, 0.15) is 12.4 Å². The van der Waals surface area contributed by atoms with E-state index < -0.39 is 31.3 Å². The van der Waals surface area contributed by atoms with E-state index in [1.54, 1.807) is 0 Å². The lowest BCUT2D eigenvalue weighted by atomic mass is 10.1. The minimum absolute atomic E-state index is 0.0940. The molecule has 1 unspecified atom stereocenters. The molecule has 0 saturated carbocycles. The summed E-state index contributed by atoms with van der Waals surface area (Å²) in [5, 5.41) is 9.46. The van der Waals surface area contributed by atoms with Gasteiger partial charge in [-0.1, -0.05) is 6.07 Å². The molecule has 0 aliphatic heterocycles. The zero-order valence-corrected chi connectivity index (χ0v) is 10.8. The van der Waals surface area contributed by atoms with Crippen molar-refractivity contribution in [3.8, 4) is 0 Å². The Bertz CT molecular complexity index is 395. The molecule has 0 radical (unpaired) electrons. The third-order valence-corrected chi connectivity index (χ3v) is 2.64. The molecule has 0 fully saturated rings. The van der Waals surface area contributed by atoms with Crippen LogP contribution in [-0.2, 0) is 11.2 Å². The van der Waals surface area contributed by atoms with Crippen LogP contribution in [0, 0.1) is 5.82 Å². The van der Waals surface area contributed by atoms with Crippen molar-refractivity contribution in [2.45, 2.75) is 18.7 Å². The van der Waals surface area contributed by atoms with Gasteiger partial charge in [-0.15, -0.1) is 0 Å². The molecule has 1 aromatic rings. The number of hydrogen-bond donors (Lipinski definition) is 1. The summed E-state index contributed by atoms with van der Waals surface area (Å²) in [4.78, 5) is 0. The molecule has 18 heavy (non-hydrogen) atoms. The van der Waals surface area contributed by atoms with Crippen molar-refractivity contribution in [2.24, 2.45) is 0 Å². The van der Waals surface area contributed by atoms with Gasteiger partial charge in [0.2, 0.25) is 0 Å². The Kier molecular flexibility index (Phi) is 5.55. The first-order chi connectivity index (χ1) is 8.28. The van der Waals surface area contributed by atoms with E-state index in [9.17, 15) is 22.7 Å². The van der Waals surface area contributed by atoms with Gasteiger partial charge in [-0.2, -0.15) is 13.2 Å². The summed E-state index contributed by atoms with van der Waals surface area (Å²) >= 11 is 2.98. The maximum Gasteiger partial charge on any atom is 0.411 e. The van der Waals surface area contributed by atoms with Gasteiger partial charge in [0, 0.05) is 6.42 Å². The van der Waals surface area contributed by atoms with Crippen molar-refractivity contribution < 1.29 is 27.4 Å².